The summed E-state index contributed by atoms with van der Waals surface area (Å²) in [7, 11) is 0. The molecule has 2 nitrogen and oxygen atoms in total. The Morgan fingerprint density at radius 1 is 0.825 bits per heavy atom. The number of hydrogen-bond acceptors (Lipinski definition) is 3. The summed E-state index contributed by atoms with van der Waals surface area (Å²) >= 11 is 2.48. The molecule has 0 spiro atoms. The van der Waals surface area contributed by atoms with Crippen LogP contribution in [0.15, 0.2) is 80.7 Å². The lowest BCUT2D eigenvalue weighted by Crippen LogP contribution is -2.48. The summed E-state index contributed by atoms with van der Waals surface area (Å²) in [4.78, 5) is 1.11. The highest BCUT2D eigenvalue weighted by molar-refractivity contribution is 8.09. The molecule has 1 aromatic carbocycles. The van der Waals surface area contributed by atoms with Gasteiger partial charge in [-0.25, -0.2) is 0 Å². The molecule has 0 saturated heterocycles. The Kier molecular flexibility index (Phi) is 5.75. The van der Waals surface area contributed by atoms with E-state index in [2.05, 4.69) is 0 Å². The van der Waals surface area contributed by atoms with Gasteiger partial charge in [-0.2, -0.15) is 30.9 Å². The summed E-state index contributed by atoms with van der Waals surface area (Å²) in [5, 5.41) is 9.75. The molecular weight excluding hydrogens is 568 g/mol. The van der Waals surface area contributed by atoms with Crippen LogP contribution in [-0.4, -0.2) is 55.8 Å². The Morgan fingerprint density at radius 2 is 1.40 bits per heavy atom. The largest absolute Gasteiger partial charge is 0.390 e. The van der Waals surface area contributed by atoms with E-state index in [1.807, 2.05) is 48.8 Å². The number of benzene rings is 1. The third-order valence-electron chi connectivity index (χ3n) is 8.99. The molecule has 0 radical (unpaired) electrons. The van der Waals surface area contributed by atoms with Crippen LogP contribution in [0, 0.1) is 0 Å². The first-order valence-corrected chi connectivity index (χ1v) is 14.6. The summed E-state index contributed by atoms with van der Waals surface area (Å²) < 4.78 is 90.3. The predicted molar refractivity (Wildman–Crippen MR) is 148 cm³/mol. The zero-order chi connectivity index (χ0) is 29.3. The van der Waals surface area contributed by atoms with Gasteiger partial charge in [0.2, 0.25) is 5.69 Å². The van der Waals surface area contributed by atoms with Crippen molar-refractivity contribution in [2.45, 2.75) is 67.3 Å². The van der Waals surface area contributed by atoms with E-state index in [0.29, 0.717) is 16.4 Å². The Hall–Kier alpha value is -2.17. The summed E-state index contributed by atoms with van der Waals surface area (Å²) in [5.41, 5.74) is -0.380. The molecule has 1 aromatic rings. The average molecular weight is 597 g/mol. The van der Waals surface area contributed by atoms with Gasteiger partial charge in [0.05, 0.1) is 14.9 Å². The lowest BCUT2D eigenvalue weighted by atomic mass is 9.71. The van der Waals surface area contributed by atoms with E-state index in [1.54, 1.807) is 26.8 Å². The van der Waals surface area contributed by atoms with Gasteiger partial charge in [-0.1, -0.05) is 18.2 Å². The molecule has 2 atom stereocenters. The van der Waals surface area contributed by atoms with E-state index in [9.17, 15) is 13.9 Å². The van der Waals surface area contributed by atoms with E-state index in [1.165, 1.54) is 35.7 Å². The Bertz CT molecular complexity index is 1560. The highest BCUT2D eigenvalue weighted by Crippen LogP contribution is 2.74. The van der Waals surface area contributed by atoms with E-state index in [0.717, 1.165) is 17.0 Å². The lowest BCUT2D eigenvalue weighted by molar-refractivity contribution is -0.441. The molecule has 0 unspecified atom stereocenters. The number of aliphatic hydroxyl groups is 1. The summed E-state index contributed by atoms with van der Waals surface area (Å²) in [6.07, 6.45) is 6.33. The van der Waals surface area contributed by atoms with Gasteiger partial charge < -0.3 is 5.11 Å². The number of nitrogens with zero attached hydrogens (tertiary/aromatic N) is 1. The van der Waals surface area contributed by atoms with Gasteiger partial charge in [0.15, 0.2) is 12.3 Å². The van der Waals surface area contributed by atoms with Crippen LogP contribution in [0.25, 0.3) is 0 Å². The number of halogens is 6. The van der Waals surface area contributed by atoms with Crippen LogP contribution in [0.5, 0.6) is 0 Å². The fourth-order valence-corrected chi connectivity index (χ4v) is 9.84. The normalized spacial score (nSPS) is 32.4. The number of rotatable bonds is 4. The highest BCUT2D eigenvalue weighted by Gasteiger charge is 2.84. The molecule has 1 saturated carbocycles. The van der Waals surface area contributed by atoms with Crippen molar-refractivity contribution >= 4 is 34.9 Å². The standard InChI is InChI=1S/C30H28F6NOS2/c1-16-14-19-23-24(29(33,34)30(35,36)28(23,31)32)20-15-17(40-27(20,5)26(19,4)39-16)10-11-22-25(2,3)18-8-6-7-9-21(18)37(22)12-13-38/h6-11,14-15,38H,12-13H2,1-5H3/q+1/b11-10+/t26-,27-/m1/s1. The monoisotopic (exact) mass is 596 g/mol. The fourth-order valence-electron chi connectivity index (χ4n) is 6.84. The SMILES string of the molecule is CC1=CC2=C3C(=C4C=C(/C=C/C5=[N+](CCO)c6ccccc6C5(C)C)S[C@@]4(C)[C@]2(C)S1)C(F)(F)C(F)(F)C3(F)F. The number of para-hydroxylation sites is 1. The molecule has 40 heavy (non-hydrogen) atoms. The molecule has 0 aromatic heterocycles. The third kappa shape index (κ3) is 3.13. The molecule has 10 heteroatoms. The fraction of sp³-hybridized carbons (Fsp3) is 0.433. The van der Waals surface area contributed by atoms with E-state index in [4.69, 9.17) is 0 Å². The molecular formula is C30H28F6NOS2+. The van der Waals surface area contributed by atoms with E-state index in [-0.39, 0.29) is 17.8 Å². The molecule has 1 N–H and O–H groups in total. The number of hydrogen-bond donors (Lipinski definition) is 1. The zero-order valence-electron chi connectivity index (χ0n) is 22.5. The smallest absolute Gasteiger partial charge is 0.380 e. The summed E-state index contributed by atoms with van der Waals surface area (Å²) in [6.45, 7) is 9.36. The lowest BCUT2D eigenvalue weighted by Gasteiger charge is -2.47. The molecule has 5 aliphatic rings. The van der Waals surface area contributed by atoms with E-state index < -0.39 is 43.8 Å². The van der Waals surface area contributed by atoms with Gasteiger partial charge in [0.25, 0.3) is 0 Å². The van der Waals surface area contributed by atoms with Crippen LogP contribution in [0.1, 0.15) is 40.2 Å². The molecule has 6 rings (SSSR count). The first-order valence-electron chi connectivity index (χ1n) is 12.9. The second kappa shape index (κ2) is 8.22. The van der Waals surface area contributed by atoms with Gasteiger partial charge >= 0.3 is 17.8 Å². The summed E-state index contributed by atoms with van der Waals surface area (Å²) in [5.74, 6) is -15.6. The minimum absolute atomic E-state index is 0.0931. The van der Waals surface area contributed by atoms with Crippen molar-refractivity contribution in [1.29, 1.82) is 0 Å². The van der Waals surface area contributed by atoms with Crippen LogP contribution >= 0.6 is 23.5 Å². The van der Waals surface area contributed by atoms with Crippen molar-refractivity contribution in [2.75, 3.05) is 13.2 Å². The quantitative estimate of drug-likeness (QED) is 0.282. The van der Waals surface area contributed by atoms with Crippen LogP contribution in [0.4, 0.5) is 32.0 Å². The van der Waals surface area contributed by atoms with Gasteiger partial charge in [-0.3, -0.25) is 0 Å². The number of aliphatic hydroxyl groups excluding tert-OH is 1. The van der Waals surface area contributed by atoms with Crippen molar-refractivity contribution in [2.24, 2.45) is 0 Å². The third-order valence-corrected chi connectivity index (χ3v) is 12.1. The van der Waals surface area contributed by atoms with Crippen LogP contribution < -0.4 is 0 Å². The Labute approximate surface area is 237 Å². The van der Waals surface area contributed by atoms with Crippen LogP contribution in [0.2, 0.25) is 0 Å². The van der Waals surface area contributed by atoms with Crippen LogP contribution in [-0.2, 0) is 5.41 Å². The molecule has 1 fully saturated rings. The first-order chi connectivity index (χ1) is 18.5. The second-order valence-corrected chi connectivity index (χ2v) is 14.8. The summed E-state index contributed by atoms with van der Waals surface area (Å²) in [6, 6.07) is 7.82. The average Bonchev–Trinajstić information content (AvgIpc) is 3.46. The predicted octanol–water partition coefficient (Wildman–Crippen LogP) is 7.94. The molecule has 212 valence electrons. The maximum atomic E-state index is 15.3. The highest BCUT2D eigenvalue weighted by atomic mass is 32.2. The maximum Gasteiger partial charge on any atom is 0.380 e. The van der Waals surface area contributed by atoms with Gasteiger partial charge in [0.1, 0.15) is 6.61 Å². The number of thioether (sulfide) groups is 2. The molecule has 0 bridgehead atoms. The minimum Gasteiger partial charge on any atom is -0.390 e. The maximum absolute atomic E-state index is 15.3. The molecule has 2 aliphatic carbocycles. The molecule has 3 heterocycles. The van der Waals surface area contributed by atoms with E-state index >= 15 is 17.6 Å². The number of allylic oxidation sites excluding steroid dienone is 7. The zero-order valence-corrected chi connectivity index (χ0v) is 24.1. The minimum atomic E-state index is -5.55. The van der Waals surface area contributed by atoms with Gasteiger partial charge in [-0.05, 0) is 68.9 Å². The number of alkyl halides is 6. The topological polar surface area (TPSA) is 23.2 Å². The van der Waals surface area contributed by atoms with Crippen LogP contribution in [0.3, 0.4) is 0 Å². The Morgan fingerprint density at radius 3 is 2.02 bits per heavy atom. The first kappa shape index (κ1) is 28.0. The van der Waals surface area contributed by atoms with Crippen molar-refractivity contribution in [3.63, 3.8) is 0 Å². The molecule has 3 aliphatic heterocycles. The Balaban J connectivity index is 1.53. The van der Waals surface area contributed by atoms with Crippen molar-refractivity contribution < 1.29 is 36.0 Å². The second-order valence-electron chi connectivity index (χ2n) is 11.6. The number of fused-ring (bicyclic) bond motifs is 5. The number of β-amino-alcohol motifs (C(OH)–C–C–N with tert-alkyl or cyclic N) is 1. The van der Waals surface area contributed by atoms with Crippen molar-refractivity contribution in [3.8, 4) is 0 Å². The molecule has 0 amide bonds. The van der Waals surface area contributed by atoms with Gasteiger partial charge in [0, 0.05) is 33.8 Å². The van der Waals surface area contributed by atoms with Gasteiger partial charge in [-0.15, -0.1) is 23.5 Å². The van der Waals surface area contributed by atoms with Crippen molar-refractivity contribution in [3.05, 3.63) is 86.2 Å². The van der Waals surface area contributed by atoms with Crippen molar-refractivity contribution in [1.82, 2.24) is 0 Å².